The normalized spacial score (nSPS) is 12.8. The average molecular weight is 431 g/mol. The lowest BCUT2D eigenvalue weighted by Crippen LogP contribution is -2.32. The van der Waals surface area contributed by atoms with Crippen molar-refractivity contribution >= 4 is 17.7 Å². The molecule has 0 unspecified atom stereocenters. The lowest BCUT2D eigenvalue weighted by Gasteiger charge is -2.18. The van der Waals surface area contributed by atoms with Gasteiger partial charge in [0, 0.05) is 44.6 Å². The summed E-state index contributed by atoms with van der Waals surface area (Å²) in [5.74, 6) is 0.209. The van der Waals surface area contributed by atoms with Crippen molar-refractivity contribution in [3.63, 3.8) is 0 Å². The molecule has 2 heterocycles. The largest absolute Gasteiger partial charge is 0.361 e. The third-order valence-corrected chi connectivity index (χ3v) is 5.62. The number of fused-ring (bicyclic) bond motifs is 1. The molecule has 4 rings (SSSR count). The summed E-state index contributed by atoms with van der Waals surface area (Å²) in [7, 11) is 1.76. The van der Waals surface area contributed by atoms with E-state index in [2.05, 4.69) is 5.16 Å². The number of aromatic nitrogens is 1. The van der Waals surface area contributed by atoms with Crippen LogP contribution in [-0.4, -0.2) is 52.8 Å². The summed E-state index contributed by atoms with van der Waals surface area (Å²) >= 11 is 0. The van der Waals surface area contributed by atoms with Crippen molar-refractivity contribution in [3.05, 3.63) is 77.6 Å². The summed E-state index contributed by atoms with van der Waals surface area (Å²) in [5, 5.41) is 4.11. The van der Waals surface area contributed by atoms with Crippen LogP contribution >= 0.6 is 0 Å². The third-order valence-electron chi connectivity index (χ3n) is 5.62. The predicted molar refractivity (Wildman–Crippen MR) is 119 cm³/mol. The molecule has 3 aromatic rings. The first-order valence-corrected chi connectivity index (χ1v) is 10.7. The van der Waals surface area contributed by atoms with Crippen LogP contribution in [0.1, 0.15) is 45.7 Å². The molecule has 0 radical (unpaired) electrons. The molecule has 32 heavy (non-hydrogen) atoms. The number of carbonyl (C=O) groups is 3. The van der Waals surface area contributed by atoms with Crippen molar-refractivity contribution in [2.24, 2.45) is 0 Å². The predicted octanol–water partition coefficient (Wildman–Crippen LogP) is 3.81. The van der Waals surface area contributed by atoms with Gasteiger partial charge in [-0.2, -0.15) is 0 Å². The summed E-state index contributed by atoms with van der Waals surface area (Å²) in [6.07, 6.45) is 2.16. The Labute approximate surface area is 186 Å². The highest BCUT2D eigenvalue weighted by molar-refractivity contribution is 6.21. The molecule has 2 aromatic carbocycles. The van der Waals surface area contributed by atoms with E-state index in [1.54, 1.807) is 36.2 Å². The van der Waals surface area contributed by atoms with Gasteiger partial charge in [-0.3, -0.25) is 19.3 Å². The monoisotopic (exact) mass is 431 g/mol. The highest BCUT2D eigenvalue weighted by Gasteiger charge is 2.34. The van der Waals surface area contributed by atoms with Crippen LogP contribution in [0.4, 0.5) is 0 Å². The maximum atomic E-state index is 12.4. The van der Waals surface area contributed by atoms with Gasteiger partial charge in [-0.25, -0.2) is 0 Å². The zero-order chi connectivity index (χ0) is 22.5. The van der Waals surface area contributed by atoms with Crippen LogP contribution in [0.3, 0.4) is 0 Å². The molecule has 0 N–H and O–H groups in total. The second-order valence-electron chi connectivity index (χ2n) is 7.87. The van der Waals surface area contributed by atoms with E-state index in [0.717, 1.165) is 23.4 Å². The Bertz CT molecular complexity index is 1090. The van der Waals surface area contributed by atoms with Crippen molar-refractivity contribution in [3.8, 4) is 11.3 Å². The number of aryl methyl sites for hydroxylation is 1. The van der Waals surface area contributed by atoms with Gasteiger partial charge in [-0.05, 0) is 25.0 Å². The molecule has 3 amide bonds. The summed E-state index contributed by atoms with van der Waals surface area (Å²) in [5.41, 5.74) is 2.68. The van der Waals surface area contributed by atoms with Crippen LogP contribution in [0.5, 0.6) is 0 Å². The molecule has 0 spiro atoms. The SMILES string of the molecule is CN(CCCc1cc(-c2ccccc2)no1)C(=O)CCCN1C(=O)c2ccccc2C1=O. The minimum absolute atomic E-state index is 0.0100. The maximum absolute atomic E-state index is 12.4. The molecule has 1 aromatic heterocycles. The van der Waals surface area contributed by atoms with Gasteiger partial charge in [-0.1, -0.05) is 47.6 Å². The highest BCUT2D eigenvalue weighted by atomic mass is 16.5. The fourth-order valence-electron chi connectivity index (χ4n) is 3.81. The Morgan fingerprint density at radius 1 is 0.969 bits per heavy atom. The minimum atomic E-state index is -0.284. The summed E-state index contributed by atoms with van der Waals surface area (Å²) < 4.78 is 5.41. The molecule has 0 fully saturated rings. The highest BCUT2D eigenvalue weighted by Crippen LogP contribution is 2.23. The first-order chi connectivity index (χ1) is 15.5. The van der Waals surface area contributed by atoms with Crippen molar-refractivity contribution in [2.45, 2.75) is 25.7 Å². The van der Waals surface area contributed by atoms with Crippen molar-refractivity contribution in [1.29, 1.82) is 0 Å². The standard InChI is InChI=1S/C25H25N3O4/c1-27(15-7-11-19-17-22(26-32-19)18-9-3-2-4-10-18)23(29)14-8-16-28-24(30)20-12-5-6-13-21(20)25(28)31/h2-6,9-10,12-13,17H,7-8,11,14-16H2,1H3. The summed E-state index contributed by atoms with van der Waals surface area (Å²) in [6, 6.07) is 18.6. The van der Waals surface area contributed by atoms with Gasteiger partial charge in [0.25, 0.3) is 11.8 Å². The first-order valence-electron chi connectivity index (χ1n) is 10.7. The van der Waals surface area contributed by atoms with Gasteiger partial charge < -0.3 is 9.42 Å². The van der Waals surface area contributed by atoms with Gasteiger partial charge in [0.2, 0.25) is 5.91 Å². The fraction of sp³-hybridized carbons (Fsp3) is 0.280. The van der Waals surface area contributed by atoms with Gasteiger partial charge in [0.05, 0.1) is 11.1 Å². The average Bonchev–Trinajstić information content (AvgIpc) is 3.38. The van der Waals surface area contributed by atoms with Crippen molar-refractivity contribution in [2.75, 3.05) is 20.1 Å². The van der Waals surface area contributed by atoms with E-state index in [1.165, 1.54) is 4.90 Å². The fourth-order valence-corrected chi connectivity index (χ4v) is 3.81. The van der Waals surface area contributed by atoms with E-state index in [0.29, 0.717) is 30.5 Å². The quantitative estimate of drug-likeness (QED) is 0.481. The van der Waals surface area contributed by atoms with Crippen LogP contribution in [0.15, 0.2) is 65.2 Å². The third kappa shape index (κ3) is 4.61. The van der Waals surface area contributed by atoms with E-state index >= 15 is 0 Å². The van der Waals surface area contributed by atoms with Gasteiger partial charge in [0.15, 0.2) is 0 Å². The molecule has 0 saturated heterocycles. The van der Waals surface area contributed by atoms with E-state index in [1.807, 2.05) is 36.4 Å². The molecule has 0 saturated carbocycles. The molecule has 7 heteroatoms. The Kier molecular flexibility index (Phi) is 6.44. The van der Waals surface area contributed by atoms with Gasteiger partial charge >= 0.3 is 0 Å². The van der Waals surface area contributed by atoms with Crippen LogP contribution in [0.2, 0.25) is 0 Å². The van der Waals surface area contributed by atoms with Crippen LogP contribution in [-0.2, 0) is 11.2 Å². The molecule has 0 atom stereocenters. The molecule has 164 valence electrons. The zero-order valence-corrected chi connectivity index (χ0v) is 18.0. The van der Waals surface area contributed by atoms with E-state index in [9.17, 15) is 14.4 Å². The molecule has 1 aliphatic rings. The molecular weight excluding hydrogens is 406 g/mol. The van der Waals surface area contributed by atoms with E-state index in [4.69, 9.17) is 4.52 Å². The lowest BCUT2D eigenvalue weighted by atomic mass is 10.1. The number of amides is 3. The number of benzene rings is 2. The first kappa shape index (κ1) is 21.5. The minimum Gasteiger partial charge on any atom is -0.361 e. The Balaban J connectivity index is 1.19. The van der Waals surface area contributed by atoms with Crippen LogP contribution in [0.25, 0.3) is 11.3 Å². The van der Waals surface area contributed by atoms with Crippen LogP contribution < -0.4 is 0 Å². The van der Waals surface area contributed by atoms with Crippen LogP contribution in [0, 0.1) is 0 Å². The summed E-state index contributed by atoms with van der Waals surface area (Å²) in [6.45, 7) is 0.833. The Hall–Kier alpha value is -3.74. The van der Waals surface area contributed by atoms with Gasteiger partial charge in [0.1, 0.15) is 11.5 Å². The Morgan fingerprint density at radius 2 is 1.62 bits per heavy atom. The van der Waals surface area contributed by atoms with Crippen molar-refractivity contribution < 1.29 is 18.9 Å². The second-order valence-corrected chi connectivity index (χ2v) is 7.87. The second kappa shape index (κ2) is 9.60. The number of rotatable bonds is 9. The number of imide groups is 1. The smallest absolute Gasteiger partial charge is 0.261 e. The van der Waals surface area contributed by atoms with Crippen molar-refractivity contribution in [1.82, 2.24) is 15.0 Å². The number of hydrogen-bond donors (Lipinski definition) is 0. The molecule has 1 aliphatic heterocycles. The maximum Gasteiger partial charge on any atom is 0.261 e. The van der Waals surface area contributed by atoms with E-state index in [-0.39, 0.29) is 30.7 Å². The zero-order valence-electron chi connectivity index (χ0n) is 18.0. The Morgan fingerprint density at radius 3 is 2.31 bits per heavy atom. The number of nitrogens with zero attached hydrogens (tertiary/aromatic N) is 3. The number of carbonyl (C=O) groups excluding carboxylic acids is 3. The van der Waals surface area contributed by atoms with E-state index < -0.39 is 0 Å². The molecule has 0 aliphatic carbocycles. The summed E-state index contributed by atoms with van der Waals surface area (Å²) in [4.78, 5) is 40.1. The molecule has 7 nitrogen and oxygen atoms in total. The topological polar surface area (TPSA) is 83.7 Å². The molecular formula is C25H25N3O4. The number of hydrogen-bond acceptors (Lipinski definition) is 5. The van der Waals surface area contributed by atoms with Gasteiger partial charge in [-0.15, -0.1) is 0 Å². The lowest BCUT2D eigenvalue weighted by molar-refractivity contribution is -0.130. The molecule has 0 bridgehead atoms.